The number of thioether (sulfide) groups is 1. The lowest BCUT2D eigenvalue weighted by molar-refractivity contribution is 0.102. The van der Waals surface area contributed by atoms with E-state index in [1.54, 1.807) is 49.0 Å². The molecule has 0 saturated heterocycles. The molecule has 4 aromatic carbocycles. The van der Waals surface area contributed by atoms with Gasteiger partial charge in [-0.2, -0.15) is 8.78 Å². The third-order valence-corrected chi connectivity index (χ3v) is 11.6. The maximum absolute atomic E-state index is 13.8. The number of anilines is 3. The van der Waals surface area contributed by atoms with Crippen molar-refractivity contribution < 1.29 is 30.4 Å². The highest BCUT2D eigenvalue weighted by atomic mass is 35.5. The molecule has 0 bridgehead atoms. The number of alkyl halides is 2. The summed E-state index contributed by atoms with van der Waals surface area (Å²) in [6.45, 7) is 1.62. The van der Waals surface area contributed by atoms with Crippen molar-refractivity contribution in [2.24, 2.45) is 7.05 Å². The van der Waals surface area contributed by atoms with E-state index in [1.807, 2.05) is 0 Å². The first-order valence-electron chi connectivity index (χ1n) is 14.2. The van der Waals surface area contributed by atoms with Gasteiger partial charge in [-0.1, -0.05) is 47.6 Å². The fourth-order valence-corrected chi connectivity index (χ4v) is 7.91. The molecule has 0 aliphatic carbocycles. The zero-order valence-electron chi connectivity index (χ0n) is 26.0. The summed E-state index contributed by atoms with van der Waals surface area (Å²) in [5.41, 5.74) is 0.230. The van der Waals surface area contributed by atoms with E-state index in [1.165, 1.54) is 66.3 Å². The van der Waals surface area contributed by atoms with Crippen molar-refractivity contribution in [3.8, 4) is 5.69 Å². The number of nitrogens with one attached hydrogen (secondary N) is 2. The number of hydrogen-bond acceptors (Lipinski definition) is 7. The number of halogens is 3. The number of aromatic nitrogens is 2. The zero-order valence-corrected chi connectivity index (χ0v) is 29.2. The van der Waals surface area contributed by atoms with Crippen LogP contribution in [0.4, 0.5) is 25.8 Å². The van der Waals surface area contributed by atoms with Crippen LogP contribution < -0.4 is 19.9 Å². The Labute approximate surface area is 290 Å². The Hall–Kier alpha value is -4.64. The van der Waals surface area contributed by atoms with E-state index < -0.39 is 37.3 Å². The van der Waals surface area contributed by atoms with Crippen LogP contribution in [0.25, 0.3) is 5.69 Å². The van der Waals surface area contributed by atoms with Crippen molar-refractivity contribution in [2.75, 3.05) is 21.4 Å². The van der Waals surface area contributed by atoms with E-state index in [2.05, 4.69) is 10.0 Å². The Balaban J connectivity index is 1.38. The predicted octanol–water partition coefficient (Wildman–Crippen LogP) is 6.33. The van der Waals surface area contributed by atoms with Gasteiger partial charge in [0.25, 0.3) is 37.3 Å². The molecule has 0 aliphatic heterocycles. The molecule has 0 aliphatic rings. The normalized spacial score (nSPS) is 11.8. The summed E-state index contributed by atoms with van der Waals surface area (Å²) in [5, 5.41) is 2.51. The van der Waals surface area contributed by atoms with Crippen molar-refractivity contribution in [1.29, 1.82) is 0 Å². The minimum Gasteiger partial charge on any atom is -0.321 e. The van der Waals surface area contributed by atoms with Crippen LogP contribution >= 0.6 is 23.4 Å². The summed E-state index contributed by atoms with van der Waals surface area (Å²) in [6, 6.07) is 22.8. The van der Waals surface area contributed by atoms with Crippen LogP contribution in [0.1, 0.15) is 16.1 Å². The van der Waals surface area contributed by atoms with Gasteiger partial charge in [0.2, 0.25) is 0 Å². The quantitative estimate of drug-likeness (QED) is 0.151. The predicted molar refractivity (Wildman–Crippen MR) is 186 cm³/mol. The van der Waals surface area contributed by atoms with Crippen molar-refractivity contribution in [1.82, 2.24) is 9.36 Å². The fraction of sp³-hybridized carbons (Fsp3) is 0.125. The van der Waals surface area contributed by atoms with Gasteiger partial charge < -0.3 is 5.32 Å². The molecule has 1 amide bonds. The molecule has 0 unspecified atom stereocenters. The van der Waals surface area contributed by atoms with Crippen LogP contribution in [0.5, 0.6) is 0 Å². The number of carbonyl (C=O) groups excluding carboxylic acids is 1. The highest BCUT2D eigenvalue weighted by molar-refractivity contribution is 7.99. The molecule has 0 saturated carbocycles. The summed E-state index contributed by atoms with van der Waals surface area (Å²) in [5.74, 6) is -3.42. The van der Waals surface area contributed by atoms with Gasteiger partial charge >= 0.3 is 0 Å². The number of rotatable bonds is 11. The lowest BCUT2D eigenvalue weighted by Gasteiger charge is -2.18. The summed E-state index contributed by atoms with van der Waals surface area (Å²) < 4.78 is 85.0. The zero-order chi connectivity index (χ0) is 35.7. The van der Waals surface area contributed by atoms with Crippen LogP contribution in [0.15, 0.2) is 117 Å². The van der Waals surface area contributed by atoms with E-state index in [9.17, 15) is 35.2 Å². The van der Waals surface area contributed by atoms with Crippen LogP contribution in [-0.2, 0) is 27.1 Å². The van der Waals surface area contributed by atoms with Gasteiger partial charge in [-0.3, -0.25) is 23.3 Å². The maximum atomic E-state index is 13.8. The second-order valence-electron chi connectivity index (χ2n) is 10.5. The van der Waals surface area contributed by atoms with Crippen LogP contribution in [0, 0.1) is 6.92 Å². The molecule has 1 aromatic heterocycles. The SMILES string of the molecule is Cc1c(N(C)S(=O)(=O)c2cccc(C(=O)Nc3cc(S(=O)(=O)Nc4ccc(SC(F)F)cc4)ccc3Cl)c2)c(=O)n(-c2ccccc2)n1C. The molecular weight excluding hydrogens is 720 g/mol. The van der Waals surface area contributed by atoms with E-state index in [0.29, 0.717) is 23.1 Å². The lowest BCUT2D eigenvalue weighted by Crippen LogP contribution is -2.32. The summed E-state index contributed by atoms with van der Waals surface area (Å²) in [6.07, 6.45) is 0. The van der Waals surface area contributed by atoms with Gasteiger partial charge in [0.05, 0.1) is 31.9 Å². The number of sulfonamides is 2. The molecule has 2 N–H and O–H groups in total. The first-order chi connectivity index (χ1) is 23.1. The third kappa shape index (κ3) is 7.51. The number of benzene rings is 4. The maximum Gasteiger partial charge on any atom is 0.296 e. The van der Waals surface area contributed by atoms with Crippen molar-refractivity contribution in [3.05, 3.63) is 124 Å². The standard InChI is InChI=1S/C32H28ClF2N5O6S3/c1-20-29(31(42)40(38(20)2)23-9-5-4-6-10-23)39(3)49(45,46)26-11-7-8-21(18-26)30(41)36-28-19-25(16-17-27(28)33)48(43,44)37-22-12-14-24(15-13-22)47-32(34)35/h4-19,32,37H,1-3H3,(H,36,41). The average molecular weight is 748 g/mol. The molecule has 0 fully saturated rings. The molecule has 5 rings (SSSR count). The van der Waals surface area contributed by atoms with Gasteiger partial charge in [0.15, 0.2) is 0 Å². The largest absolute Gasteiger partial charge is 0.321 e. The summed E-state index contributed by atoms with van der Waals surface area (Å²) in [7, 11) is -5.67. The Kier molecular flexibility index (Phi) is 10.2. The summed E-state index contributed by atoms with van der Waals surface area (Å²) >= 11 is 6.59. The van der Waals surface area contributed by atoms with E-state index in [4.69, 9.17) is 11.6 Å². The molecule has 1 heterocycles. The number of nitrogens with zero attached hydrogens (tertiary/aromatic N) is 3. The number of hydrogen-bond donors (Lipinski definition) is 2. The van der Waals surface area contributed by atoms with Crippen molar-refractivity contribution >= 4 is 66.4 Å². The first-order valence-corrected chi connectivity index (χ1v) is 18.4. The van der Waals surface area contributed by atoms with Gasteiger partial charge in [0, 0.05) is 30.2 Å². The van der Waals surface area contributed by atoms with Gasteiger partial charge in [-0.25, -0.2) is 21.5 Å². The first kappa shape index (κ1) is 35.7. The van der Waals surface area contributed by atoms with Crippen molar-refractivity contribution in [2.45, 2.75) is 27.4 Å². The highest BCUT2D eigenvalue weighted by Gasteiger charge is 2.29. The number of amides is 1. The third-order valence-electron chi connectivity index (χ3n) is 7.42. The monoisotopic (exact) mass is 747 g/mol. The van der Waals surface area contributed by atoms with E-state index in [0.717, 1.165) is 16.4 Å². The Morgan fingerprint density at radius 1 is 0.898 bits per heavy atom. The van der Waals surface area contributed by atoms with Crippen LogP contribution in [-0.4, -0.2) is 44.9 Å². The highest BCUT2D eigenvalue weighted by Crippen LogP contribution is 2.30. The van der Waals surface area contributed by atoms with Crippen LogP contribution in [0.2, 0.25) is 5.02 Å². The fourth-order valence-electron chi connectivity index (χ4n) is 4.87. The average Bonchev–Trinajstić information content (AvgIpc) is 3.29. The van der Waals surface area contributed by atoms with Gasteiger partial charge in [-0.15, -0.1) is 0 Å². The molecule has 11 nitrogen and oxygen atoms in total. The molecule has 49 heavy (non-hydrogen) atoms. The summed E-state index contributed by atoms with van der Waals surface area (Å²) in [4.78, 5) is 26.5. The molecule has 0 spiro atoms. The molecule has 0 atom stereocenters. The van der Waals surface area contributed by atoms with Gasteiger partial charge in [0.1, 0.15) is 5.69 Å². The topological polar surface area (TPSA) is 140 Å². The minimum atomic E-state index is -4.35. The second kappa shape index (κ2) is 14.1. The minimum absolute atomic E-state index is 0.00145. The Bertz CT molecular complexity index is 2320. The van der Waals surface area contributed by atoms with Gasteiger partial charge in [-0.05, 0) is 79.7 Å². The Morgan fingerprint density at radius 3 is 2.22 bits per heavy atom. The van der Waals surface area contributed by atoms with Crippen molar-refractivity contribution in [3.63, 3.8) is 0 Å². The number of para-hydroxylation sites is 1. The molecule has 17 heteroatoms. The van der Waals surface area contributed by atoms with E-state index >= 15 is 0 Å². The molecule has 256 valence electrons. The Morgan fingerprint density at radius 2 is 1.57 bits per heavy atom. The second-order valence-corrected chi connectivity index (χ2v) is 15.6. The molecular formula is C32H28ClF2N5O6S3. The molecule has 5 aromatic rings. The molecule has 0 radical (unpaired) electrons. The smallest absolute Gasteiger partial charge is 0.296 e. The lowest BCUT2D eigenvalue weighted by atomic mass is 10.2. The van der Waals surface area contributed by atoms with Crippen LogP contribution in [0.3, 0.4) is 0 Å². The number of carbonyl (C=O) groups is 1. The van der Waals surface area contributed by atoms with E-state index in [-0.39, 0.29) is 42.3 Å².